The van der Waals surface area contributed by atoms with Crippen LogP contribution in [0.15, 0.2) is 41.4 Å². The van der Waals surface area contributed by atoms with Gasteiger partial charge in [-0.25, -0.2) is 13.2 Å². The average molecular weight is 305 g/mol. The number of carboxylic acid groups (broad SMARTS) is 1. The first kappa shape index (κ1) is 14.7. The number of hydrogen-bond donors (Lipinski definition) is 1. The largest absolute Gasteiger partial charge is 0.476 e. The SMILES string of the molecule is N#Cc1ccc(S(=O)(=O)CCn2ccc(C(=O)O)n2)cc1. The fourth-order valence-electron chi connectivity index (χ4n) is 1.67. The van der Waals surface area contributed by atoms with Gasteiger partial charge in [0.15, 0.2) is 15.5 Å². The molecule has 1 aromatic carbocycles. The molecule has 8 heteroatoms. The van der Waals surface area contributed by atoms with Crippen molar-refractivity contribution in [3.05, 3.63) is 47.8 Å². The number of aromatic nitrogens is 2. The molecule has 0 saturated heterocycles. The highest BCUT2D eigenvalue weighted by Gasteiger charge is 2.15. The predicted octanol–water partition coefficient (Wildman–Crippen LogP) is 0.927. The third-order valence-corrected chi connectivity index (χ3v) is 4.50. The van der Waals surface area contributed by atoms with Crippen LogP contribution in [0, 0.1) is 11.3 Å². The highest BCUT2D eigenvalue weighted by atomic mass is 32.2. The predicted molar refractivity (Wildman–Crippen MR) is 72.4 cm³/mol. The highest BCUT2D eigenvalue weighted by Crippen LogP contribution is 2.12. The molecule has 0 aliphatic rings. The molecule has 21 heavy (non-hydrogen) atoms. The first-order valence-electron chi connectivity index (χ1n) is 5.92. The van der Waals surface area contributed by atoms with E-state index in [9.17, 15) is 13.2 Å². The van der Waals surface area contributed by atoms with E-state index in [-0.39, 0.29) is 22.9 Å². The Morgan fingerprint density at radius 2 is 1.95 bits per heavy atom. The Bertz CT molecular complexity index is 801. The molecule has 108 valence electrons. The average Bonchev–Trinajstić information content (AvgIpc) is 2.94. The summed E-state index contributed by atoms with van der Waals surface area (Å²) in [5.41, 5.74) is 0.248. The van der Waals surface area contributed by atoms with E-state index in [1.165, 1.54) is 41.2 Å². The molecule has 0 radical (unpaired) electrons. The monoisotopic (exact) mass is 305 g/mol. The van der Waals surface area contributed by atoms with Gasteiger partial charge in [-0.3, -0.25) is 4.68 Å². The Balaban J connectivity index is 2.09. The standard InChI is InChI=1S/C13H11N3O4S/c14-9-10-1-3-11(4-2-10)21(19,20)8-7-16-6-5-12(15-16)13(17)18/h1-6H,7-8H2,(H,17,18). The lowest BCUT2D eigenvalue weighted by atomic mass is 10.2. The van der Waals surface area contributed by atoms with Crippen LogP contribution in [0.5, 0.6) is 0 Å². The zero-order chi connectivity index (χ0) is 15.5. The molecule has 7 nitrogen and oxygen atoms in total. The number of aromatic carboxylic acids is 1. The fraction of sp³-hybridized carbons (Fsp3) is 0.154. The Labute approximate surface area is 121 Å². The number of rotatable bonds is 5. The number of nitriles is 1. The number of carboxylic acids is 1. The van der Waals surface area contributed by atoms with Gasteiger partial charge < -0.3 is 5.11 Å². The summed E-state index contributed by atoms with van der Waals surface area (Å²) in [6, 6.07) is 8.83. The van der Waals surface area contributed by atoms with E-state index in [0.29, 0.717) is 5.56 Å². The van der Waals surface area contributed by atoms with Crippen molar-refractivity contribution in [1.82, 2.24) is 9.78 Å². The molecule has 0 aliphatic carbocycles. The first-order valence-corrected chi connectivity index (χ1v) is 7.57. The van der Waals surface area contributed by atoms with E-state index < -0.39 is 15.8 Å². The number of aryl methyl sites for hydroxylation is 1. The summed E-state index contributed by atoms with van der Waals surface area (Å²) >= 11 is 0. The van der Waals surface area contributed by atoms with E-state index in [4.69, 9.17) is 10.4 Å². The van der Waals surface area contributed by atoms with Crippen molar-refractivity contribution < 1.29 is 18.3 Å². The van der Waals surface area contributed by atoms with E-state index in [1.54, 1.807) is 0 Å². The molecular weight excluding hydrogens is 294 g/mol. The molecule has 2 rings (SSSR count). The Kier molecular flexibility index (Phi) is 4.05. The normalized spacial score (nSPS) is 11.0. The van der Waals surface area contributed by atoms with Crippen molar-refractivity contribution in [2.45, 2.75) is 11.4 Å². The van der Waals surface area contributed by atoms with Gasteiger partial charge in [-0.2, -0.15) is 10.4 Å². The molecule has 0 aliphatic heterocycles. The second kappa shape index (κ2) is 5.76. The summed E-state index contributed by atoms with van der Waals surface area (Å²) in [5, 5.41) is 21.1. The van der Waals surface area contributed by atoms with E-state index in [0.717, 1.165) is 0 Å². The maximum absolute atomic E-state index is 12.1. The minimum Gasteiger partial charge on any atom is -0.476 e. The molecule has 2 aromatic rings. The van der Waals surface area contributed by atoms with E-state index in [1.807, 2.05) is 6.07 Å². The number of hydrogen-bond acceptors (Lipinski definition) is 5. The lowest BCUT2D eigenvalue weighted by molar-refractivity contribution is 0.0689. The zero-order valence-electron chi connectivity index (χ0n) is 10.8. The molecule has 0 unspecified atom stereocenters. The van der Waals surface area contributed by atoms with Crippen molar-refractivity contribution in [2.75, 3.05) is 5.75 Å². The van der Waals surface area contributed by atoms with Gasteiger partial charge in [0.1, 0.15) is 0 Å². The zero-order valence-corrected chi connectivity index (χ0v) is 11.6. The van der Waals surface area contributed by atoms with Gasteiger partial charge in [-0.15, -0.1) is 0 Å². The number of benzene rings is 1. The van der Waals surface area contributed by atoms with Crippen molar-refractivity contribution in [2.24, 2.45) is 0 Å². The third kappa shape index (κ3) is 3.46. The number of nitrogens with zero attached hydrogens (tertiary/aromatic N) is 3. The van der Waals surface area contributed by atoms with Crippen molar-refractivity contribution in [1.29, 1.82) is 5.26 Å². The molecule has 0 amide bonds. The van der Waals surface area contributed by atoms with Crippen LogP contribution in [0.4, 0.5) is 0 Å². The summed E-state index contributed by atoms with van der Waals surface area (Å²) in [6.45, 7) is 0.0512. The maximum Gasteiger partial charge on any atom is 0.356 e. The highest BCUT2D eigenvalue weighted by molar-refractivity contribution is 7.91. The summed E-state index contributed by atoms with van der Waals surface area (Å²) in [5.74, 6) is -1.37. The molecule has 0 atom stereocenters. The third-order valence-electron chi connectivity index (χ3n) is 2.79. The van der Waals surface area contributed by atoms with Crippen molar-refractivity contribution in [3.8, 4) is 6.07 Å². The molecule has 0 saturated carbocycles. The van der Waals surface area contributed by atoms with Crippen LogP contribution in [0.3, 0.4) is 0 Å². The van der Waals surface area contributed by atoms with E-state index >= 15 is 0 Å². The van der Waals surface area contributed by atoms with Gasteiger partial charge in [0, 0.05) is 6.20 Å². The van der Waals surface area contributed by atoms with Gasteiger partial charge in [-0.05, 0) is 30.3 Å². The van der Waals surface area contributed by atoms with Crippen molar-refractivity contribution in [3.63, 3.8) is 0 Å². The van der Waals surface area contributed by atoms with Gasteiger partial charge in [-0.1, -0.05) is 0 Å². The topological polar surface area (TPSA) is 113 Å². The molecule has 1 heterocycles. The van der Waals surface area contributed by atoms with Crippen LogP contribution in [-0.2, 0) is 16.4 Å². The Hall–Kier alpha value is -2.66. The Morgan fingerprint density at radius 3 is 2.48 bits per heavy atom. The van der Waals surface area contributed by atoms with E-state index in [2.05, 4.69) is 5.10 Å². The Morgan fingerprint density at radius 1 is 1.29 bits per heavy atom. The second-order valence-corrected chi connectivity index (χ2v) is 6.33. The fourth-order valence-corrected chi connectivity index (χ4v) is 2.88. The summed E-state index contributed by atoms with van der Waals surface area (Å²) < 4.78 is 25.5. The van der Waals surface area contributed by atoms with Crippen molar-refractivity contribution >= 4 is 15.8 Å². The van der Waals surface area contributed by atoms with Crippen LogP contribution in [0.1, 0.15) is 16.1 Å². The minimum atomic E-state index is -3.51. The molecule has 0 spiro atoms. The van der Waals surface area contributed by atoms with Crippen LogP contribution in [0.25, 0.3) is 0 Å². The molecule has 0 fully saturated rings. The van der Waals surface area contributed by atoms with Gasteiger partial charge in [0.05, 0.1) is 28.8 Å². The van der Waals surface area contributed by atoms with Gasteiger partial charge in [0.2, 0.25) is 0 Å². The van der Waals surface area contributed by atoms with Gasteiger partial charge >= 0.3 is 5.97 Å². The van der Waals surface area contributed by atoms with Crippen LogP contribution in [0.2, 0.25) is 0 Å². The summed E-state index contributed by atoms with van der Waals surface area (Å²) in [6.07, 6.45) is 1.41. The lowest BCUT2D eigenvalue weighted by Crippen LogP contribution is -2.14. The number of sulfone groups is 1. The maximum atomic E-state index is 12.1. The smallest absolute Gasteiger partial charge is 0.356 e. The second-order valence-electron chi connectivity index (χ2n) is 4.22. The summed E-state index contributed by atoms with van der Waals surface area (Å²) in [4.78, 5) is 10.8. The first-order chi connectivity index (χ1) is 9.92. The minimum absolute atomic E-state index is 0.0512. The lowest BCUT2D eigenvalue weighted by Gasteiger charge is -2.04. The molecule has 0 bridgehead atoms. The molecule has 1 aromatic heterocycles. The molecular formula is C13H11N3O4S. The number of carbonyl (C=O) groups is 1. The quantitative estimate of drug-likeness (QED) is 0.879. The van der Waals surface area contributed by atoms with Crippen LogP contribution in [-0.4, -0.2) is 35.0 Å². The van der Waals surface area contributed by atoms with Crippen LogP contribution >= 0.6 is 0 Å². The van der Waals surface area contributed by atoms with Crippen LogP contribution < -0.4 is 0 Å². The molecule has 1 N–H and O–H groups in total. The summed E-state index contributed by atoms with van der Waals surface area (Å²) in [7, 11) is -3.51. The van der Waals surface area contributed by atoms with Gasteiger partial charge in [0.25, 0.3) is 0 Å².